The van der Waals surface area contributed by atoms with E-state index in [-0.39, 0.29) is 6.61 Å². The molecule has 0 unspecified atom stereocenters. The number of aliphatic hydroxyl groups excluding tert-OH is 1. The molecule has 1 aromatic carbocycles. The fourth-order valence-electron chi connectivity index (χ4n) is 1.72. The Hall–Kier alpha value is -0.990. The molecule has 16 heavy (non-hydrogen) atoms. The van der Waals surface area contributed by atoms with Gasteiger partial charge in [0.15, 0.2) is 0 Å². The van der Waals surface area contributed by atoms with Crippen molar-refractivity contribution in [3.63, 3.8) is 0 Å². The van der Waals surface area contributed by atoms with Crippen molar-refractivity contribution in [1.29, 1.82) is 0 Å². The van der Waals surface area contributed by atoms with E-state index in [0.717, 1.165) is 29.9 Å². The third kappa shape index (κ3) is 3.00. The van der Waals surface area contributed by atoms with E-state index in [1.54, 1.807) is 0 Å². The van der Waals surface area contributed by atoms with Crippen LogP contribution in [-0.4, -0.2) is 18.2 Å². The van der Waals surface area contributed by atoms with Gasteiger partial charge in [-0.2, -0.15) is 0 Å². The summed E-state index contributed by atoms with van der Waals surface area (Å²) in [5.74, 6) is 0. The van der Waals surface area contributed by atoms with Crippen molar-refractivity contribution in [3.8, 4) is 0 Å². The largest absolute Gasteiger partial charge is 0.392 e. The van der Waals surface area contributed by atoms with Gasteiger partial charge in [-0.15, -0.1) is 0 Å². The van der Waals surface area contributed by atoms with Gasteiger partial charge in [0.2, 0.25) is 0 Å². The zero-order chi connectivity index (χ0) is 12.1. The molecular formula is C13H18ClNO. The first-order chi connectivity index (χ1) is 7.60. The van der Waals surface area contributed by atoms with Crippen molar-refractivity contribution < 1.29 is 5.11 Å². The highest BCUT2D eigenvalue weighted by Crippen LogP contribution is 2.30. The fraction of sp³-hybridized carbons (Fsp3) is 0.385. The van der Waals surface area contributed by atoms with Crippen LogP contribution in [-0.2, 0) is 6.61 Å². The van der Waals surface area contributed by atoms with E-state index in [0.29, 0.717) is 5.02 Å². The highest BCUT2D eigenvalue weighted by molar-refractivity contribution is 6.33. The summed E-state index contributed by atoms with van der Waals surface area (Å²) < 4.78 is 0. The topological polar surface area (TPSA) is 23.5 Å². The molecular weight excluding hydrogens is 222 g/mol. The van der Waals surface area contributed by atoms with Crippen LogP contribution in [0.15, 0.2) is 30.4 Å². The molecule has 1 N–H and O–H groups in total. The monoisotopic (exact) mass is 239 g/mol. The number of halogens is 1. The first kappa shape index (κ1) is 13.1. The highest BCUT2D eigenvalue weighted by Gasteiger charge is 2.12. The summed E-state index contributed by atoms with van der Waals surface area (Å²) in [7, 11) is 0. The molecule has 0 aliphatic rings. The number of likely N-dealkylation sites (N-methyl/N-ethyl adjacent to an activating group) is 1. The van der Waals surface area contributed by atoms with Crippen LogP contribution in [0, 0.1) is 0 Å². The van der Waals surface area contributed by atoms with Crippen LogP contribution in [0.3, 0.4) is 0 Å². The van der Waals surface area contributed by atoms with E-state index in [2.05, 4.69) is 18.4 Å². The molecule has 0 aliphatic carbocycles. The number of hydrogen-bond acceptors (Lipinski definition) is 2. The third-order valence-corrected chi connectivity index (χ3v) is 2.70. The van der Waals surface area contributed by atoms with Crippen molar-refractivity contribution in [3.05, 3.63) is 40.9 Å². The predicted octanol–water partition coefficient (Wildman–Crippen LogP) is 3.23. The second-order valence-corrected chi connectivity index (χ2v) is 4.28. The molecule has 0 aliphatic heterocycles. The van der Waals surface area contributed by atoms with Crippen LogP contribution in [0.1, 0.15) is 19.4 Å². The molecule has 2 nitrogen and oxygen atoms in total. The van der Waals surface area contributed by atoms with Crippen LogP contribution in [0.2, 0.25) is 5.02 Å². The predicted molar refractivity (Wildman–Crippen MR) is 70.1 cm³/mol. The van der Waals surface area contributed by atoms with Gasteiger partial charge in [0, 0.05) is 18.7 Å². The van der Waals surface area contributed by atoms with Crippen LogP contribution < -0.4 is 4.90 Å². The SMILES string of the molecule is C=C(C)CN(CC)c1c(Cl)cccc1CO. The molecule has 0 saturated carbocycles. The number of rotatable bonds is 5. The van der Waals surface area contributed by atoms with E-state index in [9.17, 15) is 5.11 Å². The molecule has 1 rings (SSSR count). The zero-order valence-corrected chi connectivity index (χ0v) is 10.6. The molecule has 0 atom stereocenters. The Morgan fingerprint density at radius 2 is 2.19 bits per heavy atom. The number of anilines is 1. The quantitative estimate of drug-likeness (QED) is 0.798. The van der Waals surface area contributed by atoms with E-state index < -0.39 is 0 Å². The minimum absolute atomic E-state index is 0.00256. The molecule has 0 radical (unpaired) electrons. The van der Waals surface area contributed by atoms with Gasteiger partial charge in [0.05, 0.1) is 17.3 Å². The first-order valence-electron chi connectivity index (χ1n) is 5.37. The number of benzene rings is 1. The molecule has 0 saturated heterocycles. The van der Waals surface area contributed by atoms with Gasteiger partial charge in [-0.25, -0.2) is 0 Å². The minimum Gasteiger partial charge on any atom is -0.392 e. The third-order valence-electron chi connectivity index (χ3n) is 2.40. The molecule has 0 aromatic heterocycles. The second kappa shape index (κ2) is 5.92. The van der Waals surface area contributed by atoms with Crippen molar-refractivity contribution in [1.82, 2.24) is 0 Å². The van der Waals surface area contributed by atoms with E-state index in [4.69, 9.17) is 11.6 Å². The summed E-state index contributed by atoms with van der Waals surface area (Å²) in [6.45, 7) is 9.55. The lowest BCUT2D eigenvalue weighted by molar-refractivity contribution is 0.282. The molecule has 0 bridgehead atoms. The average molecular weight is 240 g/mol. The van der Waals surface area contributed by atoms with Crippen molar-refractivity contribution >= 4 is 17.3 Å². The maximum absolute atomic E-state index is 9.31. The van der Waals surface area contributed by atoms with Gasteiger partial charge >= 0.3 is 0 Å². The molecule has 0 fully saturated rings. The van der Waals surface area contributed by atoms with Crippen LogP contribution in [0.4, 0.5) is 5.69 Å². The van der Waals surface area contributed by atoms with Crippen LogP contribution in [0.25, 0.3) is 0 Å². The number of aliphatic hydroxyl groups is 1. The van der Waals surface area contributed by atoms with Crippen molar-refractivity contribution in [2.75, 3.05) is 18.0 Å². The van der Waals surface area contributed by atoms with E-state index in [1.165, 1.54) is 0 Å². The lowest BCUT2D eigenvalue weighted by atomic mass is 10.1. The lowest BCUT2D eigenvalue weighted by Crippen LogP contribution is -2.26. The summed E-state index contributed by atoms with van der Waals surface area (Å²) in [5.41, 5.74) is 2.85. The Labute approximate surface area is 102 Å². The Kier molecular flexibility index (Phi) is 4.84. The van der Waals surface area contributed by atoms with Crippen molar-refractivity contribution in [2.45, 2.75) is 20.5 Å². The van der Waals surface area contributed by atoms with Gasteiger partial charge in [0.1, 0.15) is 0 Å². The van der Waals surface area contributed by atoms with Gasteiger partial charge in [0.25, 0.3) is 0 Å². The smallest absolute Gasteiger partial charge is 0.0702 e. The minimum atomic E-state index is 0.00256. The number of para-hydroxylation sites is 1. The first-order valence-corrected chi connectivity index (χ1v) is 5.75. The highest BCUT2D eigenvalue weighted by atomic mass is 35.5. The van der Waals surface area contributed by atoms with Crippen LogP contribution >= 0.6 is 11.6 Å². The fourth-order valence-corrected chi connectivity index (χ4v) is 2.03. The van der Waals surface area contributed by atoms with Crippen LogP contribution in [0.5, 0.6) is 0 Å². The van der Waals surface area contributed by atoms with Gasteiger partial charge < -0.3 is 10.0 Å². The molecule has 0 spiro atoms. The number of nitrogens with zero attached hydrogens (tertiary/aromatic N) is 1. The number of hydrogen-bond donors (Lipinski definition) is 1. The Balaban J connectivity index is 3.12. The standard InChI is InChI=1S/C13H18ClNO/c1-4-15(8-10(2)3)13-11(9-16)6-5-7-12(13)14/h5-7,16H,2,4,8-9H2,1,3H3. The second-order valence-electron chi connectivity index (χ2n) is 3.88. The van der Waals surface area contributed by atoms with Crippen molar-refractivity contribution in [2.24, 2.45) is 0 Å². The summed E-state index contributed by atoms with van der Waals surface area (Å²) in [5, 5.41) is 9.99. The molecule has 1 aromatic rings. The van der Waals surface area contributed by atoms with Gasteiger partial charge in [-0.05, 0) is 19.9 Å². The maximum Gasteiger partial charge on any atom is 0.0702 e. The average Bonchev–Trinajstić information content (AvgIpc) is 2.25. The molecule has 0 amide bonds. The summed E-state index contributed by atoms with van der Waals surface area (Å²) in [6.07, 6.45) is 0. The van der Waals surface area contributed by atoms with E-state index >= 15 is 0 Å². The Bertz CT molecular complexity index is 376. The van der Waals surface area contributed by atoms with Gasteiger partial charge in [-0.1, -0.05) is 35.9 Å². The summed E-state index contributed by atoms with van der Waals surface area (Å²) in [6, 6.07) is 5.59. The Morgan fingerprint density at radius 3 is 2.69 bits per heavy atom. The molecule has 0 heterocycles. The zero-order valence-electron chi connectivity index (χ0n) is 9.83. The Morgan fingerprint density at radius 1 is 1.50 bits per heavy atom. The normalized spacial score (nSPS) is 10.2. The molecule has 88 valence electrons. The van der Waals surface area contributed by atoms with E-state index in [1.807, 2.05) is 25.1 Å². The maximum atomic E-state index is 9.31. The summed E-state index contributed by atoms with van der Waals surface area (Å²) in [4.78, 5) is 2.12. The summed E-state index contributed by atoms with van der Waals surface area (Å²) >= 11 is 6.18. The lowest BCUT2D eigenvalue weighted by Gasteiger charge is -2.26. The van der Waals surface area contributed by atoms with Gasteiger partial charge in [-0.3, -0.25) is 0 Å². The molecule has 3 heteroatoms.